The topological polar surface area (TPSA) is 151 Å². The van der Waals surface area contributed by atoms with E-state index in [0.29, 0.717) is 39.9 Å². The molecule has 8 atom stereocenters. The van der Waals surface area contributed by atoms with Gasteiger partial charge in [0.25, 0.3) is 0 Å². The number of phenols is 1. The quantitative estimate of drug-likeness (QED) is 0.153. The molecule has 2 heterocycles. The molecule has 46 heavy (non-hydrogen) atoms. The van der Waals surface area contributed by atoms with Gasteiger partial charge in [0.2, 0.25) is 5.91 Å². The Balaban J connectivity index is 1.23. The number of rotatable bonds is 9. The number of amides is 1. The third-order valence-electron chi connectivity index (χ3n) is 9.04. The van der Waals surface area contributed by atoms with Crippen molar-refractivity contribution in [1.82, 2.24) is 0 Å². The molecule has 0 aliphatic carbocycles. The fourth-order valence-corrected chi connectivity index (χ4v) is 6.51. The van der Waals surface area contributed by atoms with Crippen molar-refractivity contribution in [2.24, 2.45) is 5.92 Å². The Hall–Kier alpha value is -4.16. The summed E-state index contributed by atoms with van der Waals surface area (Å²) >= 11 is 0. The maximum Gasteiger partial charge on any atom is 0.233 e. The standard InChI is InChI=1S/C36H36FNO8/c37-24-6-4-5-22(17-24)28(40)16-15-27-31(38(36(27)45)25-7-2-1-3-8-25)23-13-14-26(29(41)18-23)20-9-11-21(12-10-20)35-34(44)33(43)32(42)30(19-39)46-35/h1-14,17-18,27-28,30-35,39-44H,15-16,19H2/t27-,28+,30-,31-,32-,33+,34-,35+/m1/s1. The number of halogens is 1. The van der Waals surface area contributed by atoms with Gasteiger partial charge in [0.15, 0.2) is 0 Å². The van der Waals surface area contributed by atoms with Gasteiger partial charge < -0.3 is 40.3 Å². The lowest BCUT2D eigenvalue weighted by Crippen LogP contribution is -2.55. The minimum Gasteiger partial charge on any atom is -0.507 e. The number of hydrogen-bond acceptors (Lipinski definition) is 8. The predicted octanol–water partition coefficient (Wildman–Crippen LogP) is 3.93. The summed E-state index contributed by atoms with van der Waals surface area (Å²) in [5.41, 5.74) is 3.59. The zero-order chi connectivity index (χ0) is 32.5. The van der Waals surface area contributed by atoms with Crippen molar-refractivity contribution in [2.75, 3.05) is 11.5 Å². The third kappa shape index (κ3) is 6.03. The minimum absolute atomic E-state index is 0.0102. The molecular weight excluding hydrogens is 593 g/mol. The molecule has 240 valence electrons. The molecule has 10 heteroatoms. The van der Waals surface area contributed by atoms with Gasteiger partial charge in [-0.2, -0.15) is 0 Å². The largest absolute Gasteiger partial charge is 0.507 e. The highest BCUT2D eigenvalue weighted by molar-refractivity contribution is 6.03. The number of aliphatic hydroxyl groups excluding tert-OH is 5. The van der Waals surface area contributed by atoms with Gasteiger partial charge in [0, 0.05) is 11.3 Å². The number of benzene rings is 4. The van der Waals surface area contributed by atoms with Gasteiger partial charge in [-0.05, 0) is 65.4 Å². The first kappa shape index (κ1) is 31.8. The van der Waals surface area contributed by atoms with E-state index in [1.165, 1.54) is 18.2 Å². The average Bonchev–Trinajstić information content (AvgIpc) is 3.07. The Kier molecular flexibility index (Phi) is 9.19. The van der Waals surface area contributed by atoms with Gasteiger partial charge in [-0.3, -0.25) is 4.79 Å². The molecule has 0 aromatic heterocycles. The molecule has 0 unspecified atom stereocenters. The number of nitrogens with zero attached hydrogens (tertiary/aromatic N) is 1. The molecule has 0 spiro atoms. The van der Waals surface area contributed by atoms with Crippen molar-refractivity contribution >= 4 is 11.6 Å². The molecule has 6 rings (SSSR count). The van der Waals surface area contributed by atoms with Crippen molar-refractivity contribution in [3.05, 3.63) is 120 Å². The molecule has 4 aromatic rings. The number of aromatic hydroxyl groups is 1. The van der Waals surface area contributed by atoms with Crippen LogP contribution >= 0.6 is 0 Å². The Morgan fingerprint density at radius 3 is 2.22 bits per heavy atom. The molecule has 0 radical (unpaired) electrons. The van der Waals surface area contributed by atoms with Crippen LogP contribution in [0.1, 0.15) is 47.8 Å². The molecular formula is C36H36FNO8. The maximum absolute atomic E-state index is 13.7. The van der Waals surface area contributed by atoms with E-state index >= 15 is 0 Å². The summed E-state index contributed by atoms with van der Waals surface area (Å²) in [6.45, 7) is -0.525. The first-order valence-corrected chi connectivity index (χ1v) is 15.2. The second-order valence-corrected chi connectivity index (χ2v) is 11.9. The van der Waals surface area contributed by atoms with E-state index in [2.05, 4.69) is 0 Å². The van der Waals surface area contributed by atoms with E-state index < -0.39 is 61.0 Å². The van der Waals surface area contributed by atoms with E-state index in [-0.39, 0.29) is 18.1 Å². The van der Waals surface area contributed by atoms with Crippen LogP contribution in [0.3, 0.4) is 0 Å². The lowest BCUT2D eigenvalue weighted by molar-refractivity contribution is -0.231. The second-order valence-electron chi connectivity index (χ2n) is 11.9. The zero-order valence-electron chi connectivity index (χ0n) is 24.8. The van der Waals surface area contributed by atoms with Crippen LogP contribution in [0.2, 0.25) is 0 Å². The number of anilines is 1. The predicted molar refractivity (Wildman–Crippen MR) is 167 cm³/mol. The first-order chi connectivity index (χ1) is 22.2. The van der Waals surface area contributed by atoms with Crippen molar-refractivity contribution in [2.45, 2.75) is 55.5 Å². The molecule has 0 saturated carbocycles. The molecule has 2 saturated heterocycles. The summed E-state index contributed by atoms with van der Waals surface area (Å²) in [6.07, 6.45) is -6.68. The van der Waals surface area contributed by atoms with Gasteiger partial charge >= 0.3 is 0 Å². The van der Waals surface area contributed by atoms with Crippen LogP contribution in [0, 0.1) is 11.7 Å². The van der Waals surface area contributed by atoms with E-state index in [1.807, 2.05) is 36.4 Å². The summed E-state index contributed by atoms with van der Waals surface area (Å²) in [7, 11) is 0. The first-order valence-electron chi connectivity index (χ1n) is 15.2. The van der Waals surface area contributed by atoms with E-state index in [4.69, 9.17) is 4.74 Å². The molecule has 1 amide bonds. The number of phenolic OH excluding ortho intramolecular Hbond substituents is 1. The van der Waals surface area contributed by atoms with Crippen molar-refractivity contribution in [1.29, 1.82) is 0 Å². The van der Waals surface area contributed by atoms with Crippen LogP contribution in [0.15, 0.2) is 97.1 Å². The van der Waals surface area contributed by atoms with E-state index in [9.17, 15) is 39.8 Å². The Morgan fingerprint density at radius 2 is 1.54 bits per heavy atom. The van der Waals surface area contributed by atoms with Crippen LogP contribution in [0.25, 0.3) is 11.1 Å². The summed E-state index contributed by atoms with van der Waals surface area (Å²) < 4.78 is 19.4. The third-order valence-corrected chi connectivity index (χ3v) is 9.04. The van der Waals surface area contributed by atoms with Crippen LogP contribution in [-0.2, 0) is 9.53 Å². The fourth-order valence-electron chi connectivity index (χ4n) is 6.51. The monoisotopic (exact) mass is 629 g/mol. The van der Waals surface area contributed by atoms with Crippen LogP contribution in [0.4, 0.5) is 10.1 Å². The number of β-lactam (4-membered cyclic amide) rings is 1. The number of carbonyl (C=O) groups excluding carboxylic acids is 1. The van der Waals surface area contributed by atoms with Crippen molar-refractivity contribution in [3.8, 4) is 16.9 Å². The summed E-state index contributed by atoms with van der Waals surface area (Å²) in [5.74, 6) is -1.02. The molecule has 9 nitrogen and oxygen atoms in total. The number of para-hydroxylation sites is 1. The highest BCUT2D eigenvalue weighted by Crippen LogP contribution is 2.48. The normalized spacial score (nSPS) is 26.9. The number of ether oxygens (including phenoxy) is 1. The van der Waals surface area contributed by atoms with E-state index in [1.54, 1.807) is 47.4 Å². The highest BCUT2D eigenvalue weighted by Gasteiger charge is 2.48. The lowest BCUT2D eigenvalue weighted by Gasteiger charge is -2.48. The van der Waals surface area contributed by atoms with Gasteiger partial charge in [0.1, 0.15) is 42.1 Å². The number of carbonyl (C=O) groups is 1. The molecule has 2 aliphatic rings. The summed E-state index contributed by atoms with van der Waals surface area (Å²) in [6, 6.07) is 26.7. The zero-order valence-corrected chi connectivity index (χ0v) is 24.8. The lowest BCUT2D eigenvalue weighted by atomic mass is 9.78. The molecule has 2 fully saturated rings. The SMILES string of the molecule is O=C1[C@H](CC[C@H](O)c2cccc(F)c2)[C@@H](c2ccc(-c3ccc([C@@H]4O[C@H](CO)[C@@H](O)[C@H](O)[C@H]4O)cc3)c(O)c2)N1c1ccccc1. The van der Waals surface area contributed by atoms with E-state index in [0.717, 1.165) is 0 Å². The Labute approximate surface area is 265 Å². The minimum atomic E-state index is -1.49. The Morgan fingerprint density at radius 1 is 0.826 bits per heavy atom. The maximum atomic E-state index is 13.7. The van der Waals surface area contributed by atoms with Crippen LogP contribution in [-0.4, -0.2) is 67.6 Å². The average molecular weight is 630 g/mol. The van der Waals surface area contributed by atoms with Crippen LogP contribution in [0.5, 0.6) is 5.75 Å². The number of aliphatic hydroxyl groups is 5. The number of hydrogen-bond donors (Lipinski definition) is 6. The van der Waals surface area contributed by atoms with Crippen LogP contribution < -0.4 is 4.90 Å². The molecule has 0 bridgehead atoms. The van der Waals surface area contributed by atoms with Gasteiger partial charge in [-0.1, -0.05) is 66.7 Å². The molecule has 6 N–H and O–H groups in total. The highest BCUT2D eigenvalue weighted by atomic mass is 19.1. The fraction of sp³-hybridized carbons (Fsp3) is 0.306. The molecule has 2 aliphatic heterocycles. The van der Waals surface area contributed by atoms with Gasteiger partial charge in [0.05, 0.1) is 24.7 Å². The summed E-state index contributed by atoms with van der Waals surface area (Å²) in [5, 5.41) is 62.1. The van der Waals surface area contributed by atoms with Gasteiger partial charge in [-0.15, -0.1) is 0 Å². The molecule has 4 aromatic carbocycles. The van der Waals surface area contributed by atoms with Crippen molar-refractivity contribution in [3.63, 3.8) is 0 Å². The second kappa shape index (κ2) is 13.3. The smallest absolute Gasteiger partial charge is 0.233 e. The summed E-state index contributed by atoms with van der Waals surface area (Å²) in [4.78, 5) is 15.1. The van der Waals surface area contributed by atoms with Gasteiger partial charge in [-0.25, -0.2) is 4.39 Å². The van der Waals surface area contributed by atoms with Crippen molar-refractivity contribution < 1.29 is 44.6 Å². The Bertz CT molecular complexity index is 1670.